The Morgan fingerprint density at radius 1 is 1.48 bits per heavy atom. The number of anilines is 1. The molecule has 0 saturated heterocycles. The van der Waals surface area contributed by atoms with Gasteiger partial charge in [0.05, 0.1) is 4.92 Å². The highest BCUT2D eigenvalue weighted by molar-refractivity contribution is 6.00. The molecular weight excluding hydrogens is 270 g/mol. The van der Waals surface area contributed by atoms with Crippen LogP contribution in [-0.4, -0.2) is 23.4 Å². The summed E-state index contributed by atoms with van der Waals surface area (Å²) in [5.74, 6) is 0.116. The van der Waals surface area contributed by atoms with Crippen LogP contribution >= 0.6 is 0 Å². The summed E-state index contributed by atoms with van der Waals surface area (Å²) >= 11 is 0. The fourth-order valence-corrected chi connectivity index (χ4v) is 2.60. The second-order valence-corrected chi connectivity index (χ2v) is 5.44. The molecule has 0 heterocycles. The normalized spacial score (nSPS) is 15.9. The summed E-state index contributed by atoms with van der Waals surface area (Å²) in [5.41, 5.74) is 0.341. The number of carbonyl (C=O) groups excluding carboxylic acids is 1. The van der Waals surface area contributed by atoms with E-state index >= 15 is 0 Å². The van der Waals surface area contributed by atoms with Crippen LogP contribution in [0.4, 0.5) is 11.4 Å². The average Bonchev–Trinajstić information content (AvgIpc) is 2.36. The molecular formula is C15H21N3O3. The molecule has 1 saturated carbocycles. The fourth-order valence-electron chi connectivity index (χ4n) is 2.60. The highest BCUT2D eigenvalue weighted by atomic mass is 16.6. The van der Waals surface area contributed by atoms with Gasteiger partial charge >= 0.3 is 5.69 Å². The lowest BCUT2D eigenvalue weighted by Crippen LogP contribution is -2.40. The monoisotopic (exact) mass is 291 g/mol. The Kier molecular flexibility index (Phi) is 4.77. The van der Waals surface area contributed by atoms with Crippen molar-refractivity contribution in [3.8, 4) is 0 Å². The number of para-hydroxylation sites is 1. The van der Waals surface area contributed by atoms with E-state index in [1.54, 1.807) is 12.1 Å². The zero-order chi connectivity index (χ0) is 15.4. The predicted molar refractivity (Wildman–Crippen MR) is 81.5 cm³/mol. The van der Waals surface area contributed by atoms with Gasteiger partial charge in [-0.3, -0.25) is 14.9 Å². The van der Waals surface area contributed by atoms with Gasteiger partial charge in [0.25, 0.3) is 5.91 Å². The molecule has 1 unspecified atom stereocenters. The molecule has 6 heteroatoms. The number of amides is 1. The van der Waals surface area contributed by atoms with E-state index in [-0.39, 0.29) is 23.2 Å². The third-order valence-electron chi connectivity index (χ3n) is 4.05. The van der Waals surface area contributed by atoms with Gasteiger partial charge < -0.3 is 10.6 Å². The molecule has 6 nitrogen and oxygen atoms in total. The van der Waals surface area contributed by atoms with Crippen molar-refractivity contribution in [2.45, 2.75) is 39.2 Å². The average molecular weight is 291 g/mol. The lowest BCUT2D eigenvalue weighted by Gasteiger charge is -2.31. The third-order valence-corrected chi connectivity index (χ3v) is 4.05. The summed E-state index contributed by atoms with van der Waals surface area (Å²) in [4.78, 5) is 23.1. The Morgan fingerprint density at radius 2 is 2.19 bits per heavy atom. The van der Waals surface area contributed by atoms with Crippen molar-refractivity contribution >= 4 is 17.3 Å². The van der Waals surface area contributed by atoms with Crippen molar-refractivity contribution in [1.82, 2.24) is 5.32 Å². The van der Waals surface area contributed by atoms with Gasteiger partial charge in [0, 0.05) is 12.6 Å². The van der Waals surface area contributed by atoms with E-state index in [1.807, 2.05) is 13.8 Å². The van der Waals surface area contributed by atoms with E-state index < -0.39 is 4.92 Å². The number of hydrogen-bond donors (Lipinski definition) is 2. The van der Waals surface area contributed by atoms with Gasteiger partial charge in [-0.15, -0.1) is 0 Å². The van der Waals surface area contributed by atoms with Gasteiger partial charge in [-0.25, -0.2) is 0 Å². The Hall–Kier alpha value is -2.11. The number of nitro groups is 1. The van der Waals surface area contributed by atoms with Crippen LogP contribution in [0.3, 0.4) is 0 Å². The molecule has 0 aliphatic heterocycles. The first-order valence-corrected chi connectivity index (χ1v) is 7.36. The molecule has 2 rings (SSSR count). The summed E-state index contributed by atoms with van der Waals surface area (Å²) in [6.07, 6.45) is 3.42. The maximum atomic E-state index is 12.3. The summed E-state index contributed by atoms with van der Waals surface area (Å²) < 4.78 is 0. The topological polar surface area (TPSA) is 84.3 Å². The van der Waals surface area contributed by atoms with E-state index in [2.05, 4.69) is 10.6 Å². The summed E-state index contributed by atoms with van der Waals surface area (Å²) in [6, 6.07) is 4.83. The molecule has 2 N–H and O–H groups in total. The molecule has 1 aromatic carbocycles. The summed E-state index contributed by atoms with van der Waals surface area (Å²) in [7, 11) is 0. The Bertz CT molecular complexity index is 541. The number of nitro benzene ring substituents is 1. The number of benzene rings is 1. The second-order valence-electron chi connectivity index (χ2n) is 5.44. The molecule has 21 heavy (non-hydrogen) atoms. The van der Waals surface area contributed by atoms with Crippen LogP contribution in [-0.2, 0) is 0 Å². The van der Waals surface area contributed by atoms with Crippen LogP contribution in [0.5, 0.6) is 0 Å². The minimum Gasteiger partial charge on any atom is -0.380 e. The number of rotatable bonds is 6. The second kappa shape index (κ2) is 6.56. The van der Waals surface area contributed by atoms with Crippen molar-refractivity contribution in [1.29, 1.82) is 0 Å². The Labute approximate surface area is 124 Å². The fraction of sp³-hybridized carbons (Fsp3) is 0.533. The number of hydrogen-bond acceptors (Lipinski definition) is 4. The SMILES string of the molecule is CCNc1cccc(C(=O)NC(C)C2CCC2)c1[N+](=O)[O-]. The summed E-state index contributed by atoms with van der Waals surface area (Å²) in [6.45, 7) is 4.38. The van der Waals surface area contributed by atoms with Crippen LogP contribution in [0.2, 0.25) is 0 Å². The van der Waals surface area contributed by atoms with Gasteiger partial charge in [-0.1, -0.05) is 12.5 Å². The van der Waals surface area contributed by atoms with E-state index in [4.69, 9.17) is 0 Å². The van der Waals surface area contributed by atoms with Crippen LogP contribution in [0.15, 0.2) is 18.2 Å². The maximum absolute atomic E-state index is 12.3. The van der Waals surface area contributed by atoms with Gasteiger partial charge in [0.2, 0.25) is 0 Å². The smallest absolute Gasteiger partial charge is 0.305 e. The molecule has 0 radical (unpaired) electrons. The minimum absolute atomic E-state index is 0.0497. The lowest BCUT2D eigenvalue weighted by atomic mass is 9.80. The highest BCUT2D eigenvalue weighted by Crippen LogP contribution is 2.31. The minimum atomic E-state index is -0.499. The van der Waals surface area contributed by atoms with Crippen molar-refractivity contribution < 1.29 is 9.72 Å². The highest BCUT2D eigenvalue weighted by Gasteiger charge is 2.29. The Morgan fingerprint density at radius 3 is 2.71 bits per heavy atom. The first kappa shape index (κ1) is 15.3. The largest absolute Gasteiger partial charge is 0.380 e. The zero-order valence-electron chi connectivity index (χ0n) is 12.4. The molecule has 1 fully saturated rings. The molecule has 1 atom stereocenters. The quantitative estimate of drug-likeness (QED) is 0.623. The molecule has 1 aromatic rings. The van der Waals surface area contributed by atoms with E-state index in [1.165, 1.54) is 12.5 Å². The molecule has 1 aliphatic rings. The van der Waals surface area contributed by atoms with Crippen LogP contribution in [0.25, 0.3) is 0 Å². The lowest BCUT2D eigenvalue weighted by molar-refractivity contribution is -0.384. The molecule has 0 aromatic heterocycles. The molecule has 114 valence electrons. The summed E-state index contributed by atoms with van der Waals surface area (Å²) in [5, 5.41) is 17.1. The molecule has 0 spiro atoms. The molecule has 0 bridgehead atoms. The Balaban J connectivity index is 2.22. The number of nitrogens with one attached hydrogen (secondary N) is 2. The standard InChI is InChI=1S/C15H21N3O3/c1-3-16-13-9-5-8-12(14(13)18(20)21)15(19)17-10(2)11-6-4-7-11/h5,8-11,16H,3-4,6-7H2,1-2H3,(H,17,19). The zero-order valence-corrected chi connectivity index (χ0v) is 12.4. The maximum Gasteiger partial charge on any atom is 0.305 e. The first-order valence-electron chi connectivity index (χ1n) is 7.36. The van der Waals surface area contributed by atoms with Gasteiger partial charge in [0.15, 0.2) is 0 Å². The van der Waals surface area contributed by atoms with Crippen LogP contribution in [0.1, 0.15) is 43.5 Å². The molecule has 1 amide bonds. The van der Waals surface area contributed by atoms with Crippen molar-refractivity contribution in [3.05, 3.63) is 33.9 Å². The predicted octanol–water partition coefficient (Wildman–Crippen LogP) is 2.95. The first-order chi connectivity index (χ1) is 10.0. The van der Waals surface area contributed by atoms with Crippen LogP contribution in [0, 0.1) is 16.0 Å². The van der Waals surface area contributed by atoms with Crippen molar-refractivity contribution in [3.63, 3.8) is 0 Å². The van der Waals surface area contributed by atoms with Crippen LogP contribution < -0.4 is 10.6 Å². The van der Waals surface area contributed by atoms with Gasteiger partial charge in [-0.05, 0) is 44.7 Å². The van der Waals surface area contributed by atoms with Gasteiger partial charge in [0.1, 0.15) is 11.3 Å². The third kappa shape index (κ3) is 3.32. The number of carbonyl (C=O) groups is 1. The van der Waals surface area contributed by atoms with Gasteiger partial charge in [-0.2, -0.15) is 0 Å². The van der Waals surface area contributed by atoms with Crippen molar-refractivity contribution in [2.75, 3.05) is 11.9 Å². The van der Waals surface area contributed by atoms with E-state index in [0.717, 1.165) is 12.8 Å². The number of nitrogens with zero attached hydrogens (tertiary/aromatic N) is 1. The van der Waals surface area contributed by atoms with E-state index in [9.17, 15) is 14.9 Å². The van der Waals surface area contributed by atoms with E-state index in [0.29, 0.717) is 18.2 Å². The molecule has 1 aliphatic carbocycles. The van der Waals surface area contributed by atoms with Crippen molar-refractivity contribution in [2.24, 2.45) is 5.92 Å².